The lowest BCUT2D eigenvalue weighted by Gasteiger charge is -2.03. The van der Waals surface area contributed by atoms with Crippen molar-refractivity contribution in [2.45, 2.75) is 46.0 Å². The molecule has 0 aliphatic carbocycles. The lowest BCUT2D eigenvalue weighted by atomic mass is 10.1. The van der Waals surface area contributed by atoms with E-state index in [4.69, 9.17) is 33.0 Å². The molecule has 6 nitrogen and oxygen atoms in total. The first kappa shape index (κ1) is 23.9. The van der Waals surface area contributed by atoms with Crippen LogP contribution in [0, 0.1) is 0 Å². The van der Waals surface area contributed by atoms with Crippen LogP contribution in [-0.2, 0) is 11.2 Å². The van der Waals surface area contributed by atoms with E-state index in [2.05, 4.69) is 16.9 Å². The van der Waals surface area contributed by atoms with Gasteiger partial charge in [0.1, 0.15) is 10.3 Å². The quantitative estimate of drug-likeness (QED) is 0.342. The molecular weight excluding hydrogens is 403 g/mol. The summed E-state index contributed by atoms with van der Waals surface area (Å²) >= 11 is 11.4. The Balaban J connectivity index is 0.000000280. The van der Waals surface area contributed by atoms with Crippen molar-refractivity contribution < 1.29 is 19.4 Å². The molecule has 2 aromatic heterocycles. The minimum Gasteiger partial charge on any atom is -0.478 e. The number of aromatic carboxylic acids is 1. The fraction of sp³-hybridized carbons (Fsp3) is 0.400. The molecule has 2 aromatic rings. The van der Waals surface area contributed by atoms with Crippen molar-refractivity contribution in [1.82, 2.24) is 9.97 Å². The molecule has 0 saturated heterocycles. The van der Waals surface area contributed by atoms with Crippen LogP contribution in [0.15, 0.2) is 30.5 Å². The predicted molar refractivity (Wildman–Crippen MR) is 109 cm³/mol. The highest BCUT2D eigenvalue weighted by molar-refractivity contribution is 6.32. The maximum absolute atomic E-state index is 11.4. The summed E-state index contributed by atoms with van der Waals surface area (Å²) in [6.45, 7) is 4.55. The van der Waals surface area contributed by atoms with Crippen molar-refractivity contribution >= 4 is 35.1 Å². The second-order valence-electron chi connectivity index (χ2n) is 5.88. The smallest absolute Gasteiger partial charge is 0.341 e. The number of unbranched alkanes of at least 4 members (excludes halogenated alkanes) is 2. The number of hydrogen-bond donors (Lipinski definition) is 1. The standard InChI is InChI=1S/2C10H12ClNO2/c1-2-3-7-14-10(13)8-5-4-6-12-9(8)11;1-2-3-4-7-5-6-8(10(13)14)9(11)12-7/h4-6H,2-3,7H2,1H3;5-6H,2-4H2,1H3,(H,13,14). The van der Waals surface area contributed by atoms with Gasteiger partial charge in [-0.2, -0.15) is 0 Å². The fourth-order valence-electron chi connectivity index (χ4n) is 2.05. The molecule has 28 heavy (non-hydrogen) atoms. The van der Waals surface area contributed by atoms with Crippen LogP contribution in [0.1, 0.15) is 65.9 Å². The van der Waals surface area contributed by atoms with Crippen LogP contribution in [0.3, 0.4) is 0 Å². The van der Waals surface area contributed by atoms with Gasteiger partial charge in [0.15, 0.2) is 0 Å². The molecule has 0 amide bonds. The van der Waals surface area contributed by atoms with Gasteiger partial charge in [0.05, 0.1) is 17.7 Å². The number of aromatic nitrogens is 2. The van der Waals surface area contributed by atoms with E-state index in [0.29, 0.717) is 12.2 Å². The number of carbonyl (C=O) groups excluding carboxylic acids is 1. The van der Waals surface area contributed by atoms with Crippen LogP contribution in [0.25, 0.3) is 0 Å². The fourth-order valence-corrected chi connectivity index (χ4v) is 2.50. The number of carboxylic acid groups (broad SMARTS) is 1. The molecule has 152 valence electrons. The molecule has 0 aromatic carbocycles. The Bertz CT molecular complexity index is 785. The van der Waals surface area contributed by atoms with Gasteiger partial charge in [-0.05, 0) is 43.5 Å². The van der Waals surface area contributed by atoms with Gasteiger partial charge in [-0.3, -0.25) is 0 Å². The lowest BCUT2D eigenvalue weighted by molar-refractivity contribution is 0.0499. The Kier molecular flexibility index (Phi) is 11.1. The topological polar surface area (TPSA) is 89.4 Å². The summed E-state index contributed by atoms with van der Waals surface area (Å²) in [7, 11) is 0. The van der Waals surface area contributed by atoms with Gasteiger partial charge in [-0.25, -0.2) is 19.6 Å². The zero-order valence-corrected chi connectivity index (χ0v) is 17.5. The normalized spacial score (nSPS) is 10.0. The third kappa shape index (κ3) is 8.23. The number of rotatable bonds is 8. The highest BCUT2D eigenvalue weighted by atomic mass is 35.5. The van der Waals surface area contributed by atoms with E-state index in [1.54, 1.807) is 18.2 Å². The number of pyridine rings is 2. The van der Waals surface area contributed by atoms with Crippen molar-refractivity contribution in [3.8, 4) is 0 Å². The second-order valence-corrected chi connectivity index (χ2v) is 6.60. The summed E-state index contributed by atoms with van der Waals surface area (Å²) in [6.07, 6.45) is 6.36. The van der Waals surface area contributed by atoms with Gasteiger partial charge in [0, 0.05) is 11.9 Å². The molecule has 0 fully saturated rings. The van der Waals surface area contributed by atoms with Crippen LogP contribution in [0.4, 0.5) is 0 Å². The van der Waals surface area contributed by atoms with E-state index >= 15 is 0 Å². The summed E-state index contributed by atoms with van der Waals surface area (Å²) in [4.78, 5) is 29.8. The number of carboxylic acids is 1. The summed E-state index contributed by atoms with van der Waals surface area (Å²) < 4.78 is 4.99. The van der Waals surface area contributed by atoms with E-state index in [1.807, 2.05) is 6.92 Å². The summed E-state index contributed by atoms with van der Waals surface area (Å²) in [5, 5.41) is 8.97. The Morgan fingerprint density at radius 3 is 2.32 bits per heavy atom. The Labute approximate surface area is 174 Å². The van der Waals surface area contributed by atoms with Crippen LogP contribution < -0.4 is 0 Å². The minimum absolute atomic E-state index is 0.0620. The largest absolute Gasteiger partial charge is 0.478 e. The number of aryl methyl sites for hydroxylation is 1. The number of hydrogen-bond acceptors (Lipinski definition) is 5. The molecule has 0 unspecified atom stereocenters. The molecule has 0 atom stereocenters. The van der Waals surface area contributed by atoms with Gasteiger partial charge in [-0.15, -0.1) is 0 Å². The van der Waals surface area contributed by atoms with Crippen molar-refractivity contribution in [2.75, 3.05) is 6.61 Å². The second kappa shape index (κ2) is 13.1. The molecule has 0 radical (unpaired) electrons. The summed E-state index contributed by atoms with van der Waals surface area (Å²) in [6, 6.07) is 6.47. The molecular formula is C20H24Cl2N2O4. The van der Waals surface area contributed by atoms with Gasteiger partial charge in [-0.1, -0.05) is 49.9 Å². The molecule has 0 saturated carbocycles. The van der Waals surface area contributed by atoms with Crippen molar-refractivity contribution in [3.63, 3.8) is 0 Å². The van der Waals surface area contributed by atoms with Crippen LogP contribution in [-0.4, -0.2) is 33.6 Å². The maximum Gasteiger partial charge on any atom is 0.341 e. The van der Waals surface area contributed by atoms with Crippen molar-refractivity contribution in [1.29, 1.82) is 0 Å². The predicted octanol–water partition coefficient (Wildman–Crippen LogP) is 5.47. The summed E-state index contributed by atoms with van der Waals surface area (Å²) in [5.74, 6) is -1.44. The third-order valence-corrected chi connectivity index (χ3v) is 4.22. The minimum atomic E-state index is -1.04. The molecule has 0 aliphatic heterocycles. The SMILES string of the molecule is CCCCOC(=O)c1cccnc1Cl.CCCCc1ccc(C(=O)O)c(Cl)n1. The van der Waals surface area contributed by atoms with E-state index in [1.165, 1.54) is 12.3 Å². The number of carbonyl (C=O) groups is 2. The molecule has 0 aliphatic rings. The van der Waals surface area contributed by atoms with E-state index in [-0.39, 0.29) is 15.9 Å². The molecule has 0 spiro atoms. The van der Waals surface area contributed by atoms with E-state index < -0.39 is 11.9 Å². The average molecular weight is 427 g/mol. The number of halogens is 2. The zero-order valence-electron chi connectivity index (χ0n) is 16.0. The molecule has 2 heterocycles. The zero-order chi connectivity index (χ0) is 20.9. The highest BCUT2D eigenvalue weighted by Crippen LogP contribution is 2.15. The van der Waals surface area contributed by atoms with E-state index in [9.17, 15) is 9.59 Å². The maximum atomic E-state index is 11.4. The molecule has 1 N–H and O–H groups in total. The first-order chi connectivity index (χ1) is 13.4. The van der Waals surface area contributed by atoms with Gasteiger partial charge in [0.25, 0.3) is 0 Å². The first-order valence-electron chi connectivity index (χ1n) is 9.07. The number of ether oxygens (including phenoxy) is 1. The van der Waals surface area contributed by atoms with Crippen molar-refractivity contribution in [2.24, 2.45) is 0 Å². The number of nitrogens with zero attached hydrogens (tertiary/aromatic N) is 2. The van der Waals surface area contributed by atoms with Crippen LogP contribution >= 0.6 is 23.2 Å². The highest BCUT2D eigenvalue weighted by Gasteiger charge is 2.11. The molecule has 2 rings (SSSR count). The Hall–Kier alpha value is -2.18. The monoisotopic (exact) mass is 426 g/mol. The van der Waals surface area contributed by atoms with Gasteiger partial charge >= 0.3 is 11.9 Å². The molecule has 0 bridgehead atoms. The molecule has 8 heteroatoms. The average Bonchev–Trinajstić information content (AvgIpc) is 2.67. The van der Waals surface area contributed by atoms with Crippen LogP contribution in [0.2, 0.25) is 10.3 Å². The summed E-state index contributed by atoms with van der Waals surface area (Å²) in [5.41, 5.74) is 1.24. The van der Waals surface area contributed by atoms with Gasteiger partial charge < -0.3 is 9.84 Å². The van der Waals surface area contributed by atoms with Gasteiger partial charge in [0.2, 0.25) is 0 Å². The van der Waals surface area contributed by atoms with Crippen LogP contribution in [0.5, 0.6) is 0 Å². The number of esters is 1. The Morgan fingerprint density at radius 1 is 1.04 bits per heavy atom. The third-order valence-electron chi connectivity index (χ3n) is 3.63. The van der Waals surface area contributed by atoms with E-state index in [0.717, 1.165) is 37.8 Å². The van der Waals surface area contributed by atoms with Crippen molar-refractivity contribution in [3.05, 3.63) is 57.6 Å². The Morgan fingerprint density at radius 2 is 1.75 bits per heavy atom. The lowest BCUT2D eigenvalue weighted by Crippen LogP contribution is -2.07. The first-order valence-corrected chi connectivity index (χ1v) is 9.82.